The third kappa shape index (κ3) is 2.99. The van der Waals surface area contributed by atoms with E-state index in [0.29, 0.717) is 10.8 Å². The second-order valence-corrected chi connectivity index (χ2v) is 9.91. The minimum absolute atomic E-state index is 0.0510. The highest BCUT2D eigenvalue weighted by atomic mass is 32.2. The van der Waals surface area contributed by atoms with E-state index in [9.17, 15) is 8.42 Å². The Morgan fingerprint density at radius 2 is 1.71 bits per heavy atom. The van der Waals surface area contributed by atoms with E-state index in [0.717, 1.165) is 24.8 Å². The molecule has 0 radical (unpaired) electrons. The van der Waals surface area contributed by atoms with Crippen molar-refractivity contribution >= 4 is 9.84 Å². The highest BCUT2D eigenvalue weighted by Crippen LogP contribution is 2.54. The van der Waals surface area contributed by atoms with Gasteiger partial charge in [0.1, 0.15) is 0 Å². The van der Waals surface area contributed by atoms with Crippen LogP contribution in [0.15, 0.2) is 52.5 Å². The summed E-state index contributed by atoms with van der Waals surface area (Å²) in [4.78, 5) is 0.453. The van der Waals surface area contributed by atoms with Gasteiger partial charge in [-0.1, -0.05) is 47.9 Å². The summed E-state index contributed by atoms with van der Waals surface area (Å²) in [7, 11) is -3.28. The fourth-order valence-electron chi connectivity index (χ4n) is 4.67. The van der Waals surface area contributed by atoms with E-state index >= 15 is 0 Å². The Morgan fingerprint density at radius 3 is 2.38 bits per heavy atom. The van der Waals surface area contributed by atoms with Crippen LogP contribution in [-0.2, 0) is 9.84 Å². The molecule has 2 nitrogen and oxygen atoms in total. The fourth-order valence-corrected chi connectivity index (χ4v) is 6.49. The van der Waals surface area contributed by atoms with E-state index in [1.165, 1.54) is 11.1 Å². The highest BCUT2D eigenvalue weighted by molar-refractivity contribution is 7.91. The first-order chi connectivity index (χ1) is 11.2. The van der Waals surface area contributed by atoms with Gasteiger partial charge >= 0.3 is 0 Å². The zero-order valence-corrected chi connectivity index (χ0v) is 16.0. The van der Waals surface area contributed by atoms with E-state index in [-0.39, 0.29) is 17.1 Å². The maximum absolute atomic E-state index is 13.0. The maximum Gasteiger partial charge on any atom is 0.178 e. The number of sulfone groups is 1. The molecule has 0 aromatic heterocycles. The zero-order valence-electron chi connectivity index (χ0n) is 15.2. The second-order valence-electron chi connectivity index (χ2n) is 7.88. The summed E-state index contributed by atoms with van der Waals surface area (Å²) in [5.41, 5.74) is 3.82. The number of hydrogen-bond donors (Lipinski definition) is 0. The van der Waals surface area contributed by atoms with Crippen LogP contribution in [0.5, 0.6) is 0 Å². The lowest BCUT2D eigenvalue weighted by atomic mass is 9.56. The van der Waals surface area contributed by atoms with Gasteiger partial charge in [0.2, 0.25) is 0 Å². The van der Waals surface area contributed by atoms with Crippen molar-refractivity contribution in [3.8, 4) is 0 Å². The molecule has 0 aliphatic heterocycles. The summed E-state index contributed by atoms with van der Waals surface area (Å²) in [5.74, 6) is 0.804. The van der Waals surface area contributed by atoms with Crippen LogP contribution in [0.1, 0.15) is 45.6 Å². The van der Waals surface area contributed by atoms with Crippen LogP contribution in [0, 0.1) is 24.2 Å². The van der Waals surface area contributed by atoms with Gasteiger partial charge in [-0.25, -0.2) is 8.42 Å². The number of fused-ring (bicyclic) bond motifs is 1. The van der Waals surface area contributed by atoms with E-state index < -0.39 is 9.84 Å². The standard InChI is InChI=1S/C21H28O2S/c1-15-7-10-18(11-8-15)24(22,23)14-20-17(3)9-12-19-16(2)6-5-13-21(19,20)4/h6-11,19-20H,5,12-14H2,1-4H3/t19-,20-,21-/m0/s1. The summed E-state index contributed by atoms with van der Waals surface area (Å²) in [6.45, 7) is 8.61. The Labute approximate surface area is 146 Å². The SMILES string of the molecule is CC1=CCC[C@@]2(C)[C@H]1CC=C(C)[C@@H]2CS(=O)(=O)c1ccc(C)cc1. The Balaban J connectivity index is 1.95. The number of rotatable bonds is 3. The number of benzene rings is 1. The first-order valence-corrected chi connectivity index (χ1v) is 10.5. The molecule has 3 rings (SSSR count). The lowest BCUT2D eigenvalue weighted by Crippen LogP contribution is -2.43. The van der Waals surface area contributed by atoms with Crippen molar-refractivity contribution < 1.29 is 8.42 Å². The van der Waals surface area contributed by atoms with E-state index in [4.69, 9.17) is 0 Å². The van der Waals surface area contributed by atoms with E-state index in [2.05, 4.69) is 32.9 Å². The number of allylic oxidation sites excluding steroid dienone is 4. The first kappa shape index (κ1) is 17.5. The number of aryl methyl sites for hydroxylation is 1. The molecule has 0 N–H and O–H groups in total. The van der Waals surface area contributed by atoms with Crippen molar-refractivity contribution in [1.82, 2.24) is 0 Å². The van der Waals surface area contributed by atoms with Gasteiger partial charge in [-0.05, 0) is 69.4 Å². The fraction of sp³-hybridized carbons (Fsp3) is 0.524. The average molecular weight is 345 g/mol. The molecule has 1 aromatic rings. The lowest BCUT2D eigenvalue weighted by molar-refractivity contribution is 0.116. The molecule has 0 saturated heterocycles. The smallest absolute Gasteiger partial charge is 0.178 e. The molecule has 1 aromatic carbocycles. The van der Waals surface area contributed by atoms with Gasteiger partial charge in [0.25, 0.3) is 0 Å². The molecule has 0 unspecified atom stereocenters. The van der Waals surface area contributed by atoms with Crippen LogP contribution in [0.25, 0.3) is 0 Å². The van der Waals surface area contributed by atoms with E-state index in [1.54, 1.807) is 12.1 Å². The number of hydrogen-bond acceptors (Lipinski definition) is 2. The topological polar surface area (TPSA) is 34.1 Å². The van der Waals surface area contributed by atoms with Crippen LogP contribution < -0.4 is 0 Å². The molecule has 2 aliphatic rings. The Bertz CT molecular complexity index is 784. The maximum atomic E-state index is 13.0. The molecular formula is C21H28O2S. The van der Waals surface area contributed by atoms with Crippen molar-refractivity contribution in [2.24, 2.45) is 17.3 Å². The molecule has 2 aliphatic carbocycles. The van der Waals surface area contributed by atoms with Gasteiger partial charge in [0.05, 0.1) is 10.6 Å². The molecule has 24 heavy (non-hydrogen) atoms. The van der Waals surface area contributed by atoms with Crippen LogP contribution in [-0.4, -0.2) is 14.2 Å². The third-order valence-corrected chi connectivity index (χ3v) is 8.04. The first-order valence-electron chi connectivity index (χ1n) is 8.87. The van der Waals surface area contributed by atoms with Crippen LogP contribution >= 0.6 is 0 Å². The predicted molar refractivity (Wildman–Crippen MR) is 99.7 cm³/mol. The molecule has 0 amide bonds. The van der Waals surface area contributed by atoms with Gasteiger partial charge < -0.3 is 0 Å². The van der Waals surface area contributed by atoms with Gasteiger partial charge in [-0.15, -0.1) is 0 Å². The molecule has 0 saturated carbocycles. The van der Waals surface area contributed by atoms with Gasteiger partial charge in [-0.2, -0.15) is 0 Å². The summed E-state index contributed by atoms with van der Waals surface area (Å²) in [6.07, 6.45) is 7.80. The van der Waals surface area contributed by atoms with E-state index in [1.807, 2.05) is 19.1 Å². The second kappa shape index (κ2) is 6.18. The highest BCUT2D eigenvalue weighted by Gasteiger charge is 2.47. The summed E-state index contributed by atoms with van der Waals surface area (Å²) in [6, 6.07) is 7.26. The lowest BCUT2D eigenvalue weighted by Gasteiger charge is -2.49. The predicted octanol–water partition coefficient (Wildman–Crippen LogP) is 5.10. The largest absolute Gasteiger partial charge is 0.224 e. The van der Waals surface area contributed by atoms with Crippen molar-refractivity contribution in [1.29, 1.82) is 0 Å². The van der Waals surface area contributed by atoms with Crippen molar-refractivity contribution in [3.63, 3.8) is 0 Å². The molecule has 0 bridgehead atoms. The quantitative estimate of drug-likeness (QED) is 0.715. The van der Waals surface area contributed by atoms with Crippen LogP contribution in [0.3, 0.4) is 0 Å². The van der Waals surface area contributed by atoms with Crippen molar-refractivity contribution in [3.05, 3.63) is 53.1 Å². The van der Waals surface area contributed by atoms with Gasteiger partial charge in [0.15, 0.2) is 9.84 Å². The van der Waals surface area contributed by atoms with Crippen molar-refractivity contribution in [2.45, 2.75) is 51.9 Å². The summed E-state index contributed by atoms with van der Waals surface area (Å²) < 4.78 is 26.0. The van der Waals surface area contributed by atoms with Crippen LogP contribution in [0.4, 0.5) is 0 Å². The van der Waals surface area contributed by atoms with Gasteiger partial charge in [-0.3, -0.25) is 0 Å². The van der Waals surface area contributed by atoms with Crippen LogP contribution in [0.2, 0.25) is 0 Å². The zero-order chi connectivity index (χ0) is 17.5. The Kier molecular flexibility index (Phi) is 4.50. The molecule has 0 heterocycles. The molecule has 0 spiro atoms. The minimum atomic E-state index is -3.28. The molecular weight excluding hydrogens is 316 g/mol. The minimum Gasteiger partial charge on any atom is -0.224 e. The Morgan fingerprint density at radius 1 is 1.04 bits per heavy atom. The Hall–Kier alpha value is -1.35. The normalized spacial score (nSPS) is 30.3. The average Bonchev–Trinajstić information content (AvgIpc) is 2.51. The van der Waals surface area contributed by atoms with Crippen molar-refractivity contribution in [2.75, 3.05) is 5.75 Å². The molecule has 3 atom stereocenters. The molecule has 130 valence electrons. The molecule has 3 heteroatoms. The summed E-state index contributed by atoms with van der Waals surface area (Å²) in [5, 5.41) is 0. The molecule has 0 fully saturated rings. The summed E-state index contributed by atoms with van der Waals surface area (Å²) >= 11 is 0. The van der Waals surface area contributed by atoms with Gasteiger partial charge in [0, 0.05) is 0 Å². The third-order valence-electron chi connectivity index (χ3n) is 6.28. The monoisotopic (exact) mass is 344 g/mol.